The van der Waals surface area contributed by atoms with Crippen LogP contribution in [0.15, 0.2) is 48.0 Å². The third-order valence-corrected chi connectivity index (χ3v) is 3.21. The summed E-state index contributed by atoms with van der Waals surface area (Å²) in [5.74, 6) is 0.0592. The Morgan fingerprint density at radius 3 is 2.46 bits per heavy atom. The lowest BCUT2D eigenvalue weighted by molar-refractivity contribution is -0.112. The molecule has 2 aromatic rings. The molecule has 0 aliphatic heterocycles. The number of carbonyl (C=O) groups excluding carboxylic acids is 1. The highest BCUT2D eigenvalue weighted by molar-refractivity contribution is 6.09. The van der Waals surface area contributed by atoms with Crippen LogP contribution in [-0.2, 0) is 4.79 Å². The molecule has 0 aromatic heterocycles. The van der Waals surface area contributed by atoms with E-state index in [9.17, 15) is 14.4 Å². The van der Waals surface area contributed by atoms with Crippen LogP contribution >= 0.6 is 0 Å². The molecule has 0 fully saturated rings. The average Bonchev–Trinajstić information content (AvgIpc) is 2.61. The number of anilines is 1. The normalized spacial score (nSPS) is 10.7. The van der Waals surface area contributed by atoms with Gasteiger partial charge in [-0.1, -0.05) is 0 Å². The Bertz CT molecular complexity index is 808. The number of hydrogen-bond donors (Lipinski definition) is 1. The maximum absolute atomic E-state index is 12.9. The van der Waals surface area contributed by atoms with Crippen molar-refractivity contribution in [3.63, 3.8) is 0 Å². The molecule has 0 unspecified atom stereocenters. The zero-order valence-corrected chi connectivity index (χ0v) is 13.2. The average molecular weight is 326 g/mol. The predicted octanol–water partition coefficient (Wildman–Crippen LogP) is 3.39. The van der Waals surface area contributed by atoms with Crippen LogP contribution in [-0.4, -0.2) is 20.1 Å². The third-order valence-electron chi connectivity index (χ3n) is 3.21. The van der Waals surface area contributed by atoms with E-state index in [-0.39, 0.29) is 5.57 Å². The Labute approximate surface area is 138 Å². The number of nitrogens with one attached hydrogen (secondary N) is 1. The summed E-state index contributed by atoms with van der Waals surface area (Å²) < 4.78 is 23.2. The fourth-order valence-corrected chi connectivity index (χ4v) is 1.97. The Balaban J connectivity index is 2.27. The lowest BCUT2D eigenvalue weighted by Crippen LogP contribution is -2.13. The minimum atomic E-state index is -0.595. The summed E-state index contributed by atoms with van der Waals surface area (Å²) in [6.45, 7) is 0. The zero-order valence-electron chi connectivity index (χ0n) is 13.2. The molecule has 0 atom stereocenters. The van der Waals surface area contributed by atoms with Gasteiger partial charge in [-0.25, -0.2) is 4.39 Å². The van der Waals surface area contributed by atoms with Crippen molar-refractivity contribution in [3.8, 4) is 17.6 Å². The smallest absolute Gasteiger partial charge is 0.266 e. The molecule has 0 saturated carbocycles. The summed E-state index contributed by atoms with van der Waals surface area (Å²) in [7, 11) is 3.01. The second-order valence-electron chi connectivity index (χ2n) is 4.74. The van der Waals surface area contributed by atoms with Crippen LogP contribution in [0.1, 0.15) is 5.56 Å². The van der Waals surface area contributed by atoms with Gasteiger partial charge in [0, 0.05) is 17.3 Å². The van der Waals surface area contributed by atoms with Crippen LogP contribution in [0.25, 0.3) is 6.08 Å². The quantitative estimate of drug-likeness (QED) is 0.675. The monoisotopic (exact) mass is 326 g/mol. The molecule has 0 heterocycles. The summed E-state index contributed by atoms with van der Waals surface area (Å²) >= 11 is 0. The molecule has 0 saturated heterocycles. The number of amides is 1. The Hall–Kier alpha value is -3.33. The topological polar surface area (TPSA) is 71.3 Å². The number of carbonyl (C=O) groups is 1. The van der Waals surface area contributed by atoms with Crippen LogP contribution in [0.4, 0.5) is 10.1 Å². The fourth-order valence-electron chi connectivity index (χ4n) is 1.97. The maximum atomic E-state index is 12.9. The van der Waals surface area contributed by atoms with Gasteiger partial charge in [0.05, 0.1) is 14.2 Å². The first-order valence-corrected chi connectivity index (χ1v) is 6.98. The predicted molar refractivity (Wildman–Crippen MR) is 88.2 cm³/mol. The molecule has 0 bridgehead atoms. The van der Waals surface area contributed by atoms with Gasteiger partial charge in [-0.3, -0.25) is 4.79 Å². The largest absolute Gasteiger partial charge is 0.497 e. The summed E-state index contributed by atoms with van der Waals surface area (Å²) in [5, 5.41) is 11.8. The Morgan fingerprint density at radius 1 is 1.17 bits per heavy atom. The highest BCUT2D eigenvalue weighted by Gasteiger charge is 2.12. The van der Waals surface area contributed by atoms with Gasteiger partial charge >= 0.3 is 0 Å². The number of hydrogen-bond acceptors (Lipinski definition) is 4. The molecular weight excluding hydrogens is 311 g/mol. The number of rotatable bonds is 5. The molecule has 1 amide bonds. The number of nitrogens with zero attached hydrogens (tertiary/aromatic N) is 1. The van der Waals surface area contributed by atoms with Gasteiger partial charge < -0.3 is 14.8 Å². The molecule has 2 aromatic carbocycles. The summed E-state index contributed by atoms with van der Waals surface area (Å²) in [6, 6.07) is 12.1. The first kappa shape index (κ1) is 17.0. The van der Waals surface area contributed by atoms with E-state index >= 15 is 0 Å². The van der Waals surface area contributed by atoms with E-state index < -0.39 is 11.7 Å². The van der Waals surface area contributed by atoms with Crippen molar-refractivity contribution in [1.82, 2.24) is 0 Å². The van der Waals surface area contributed by atoms with Crippen molar-refractivity contribution in [2.45, 2.75) is 0 Å². The Morgan fingerprint density at radius 2 is 1.88 bits per heavy atom. The summed E-state index contributed by atoms with van der Waals surface area (Å²) in [4.78, 5) is 12.2. The second-order valence-corrected chi connectivity index (χ2v) is 4.74. The molecule has 0 aliphatic carbocycles. The number of methoxy groups -OCH3 is 2. The van der Waals surface area contributed by atoms with Crippen LogP contribution < -0.4 is 14.8 Å². The van der Waals surface area contributed by atoms with Crippen LogP contribution in [0.3, 0.4) is 0 Å². The van der Waals surface area contributed by atoms with E-state index in [1.165, 1.54) is 44.6 Å². The van der Waals surface area contributed by atoms with E-state index in [0.717, 1.165) is 0 Å². The summed E-state index contributed by atoms with van der Waals surface area (Å²) in [5.41, 5.74) is 0.844. The lowest BCUT2D eigenvalue weighted by atomic mass is 10.1. The minimum absolute atomic E-state index is 0.109. The standard InChI is InChI=1S/C18H15FN2O3/c1-23-16-8-3-12(17(10-16)24-2)9-13(11-20)18(22)21-15-6-4-14(19)5-7-15/h3-10H,1-2H3,(H,21,22). The van der Waals surface area contributed by atoms with Crippen molar-refractivity contribution in [1.29, 1.82) is 5.26 Å². The van der Waals surface area contributed by atoms with Gasteiger partial charge in [0.1, 0.15) is 29.0 Å². The highest BCUT2D eigenvalue weighted by atomic mass is 19.1. The van der Waals surface area contributed by atoms with Crippen molar-refractivity contribution in [2.24, 2.45) is 0 Å². The molecule has 24 heavy (non-hydrogen) atoms. The lowest BCUT2D eigenvalue weighted by Gasteiger charge is -2.08. The number of halogens is 1. The van der Waals surface area contributed by atoms with Crippen molar-refractivity contribution in [3.05, 3.63) is 59.4 Å². The second kappa shape index (κ2) is 7.79. The molecule has 0 spiro atoms. The van der Waals surface area contributed by atoms with E-state index in [1.807, 2.05) is 6.07 Å². The number of benzene rings is 2. The van der Waals surface area contributed by atoms with Gasteiger partial charge in [0.25, 0.3) is 5.91 Å². The third kappa shape index (κ3) is 4.11. The molecule has 0 aliphatic rings. The van der Waals surface area contributed by atoms with E-state index in [2.05, 4.69) is 5.32 Å². The maximum Gasteiger partial charge on any atom is 0.266 e. The van der Waals surface area contributed by atoms with Crippen LogP contribution in [0.5, 0.6) is 11.5 Å². The highest BCUT2D eigenvalue weighted by Crippen LogP contribution is 2.26. The van der Waals surface area contributed by atoms with Crippen LogP contribution in [0, 0.1) is 17.1 Å². The molecule has 122 valence electrons. The van der Waals surface area contributed by atoms with E-state index in [0.29, 0.717) is 22.7 Å². The van der Waals surface area contributed by atoms with Crippen LogP contribution in [0.2, 0.25) is 0 Å². The van der Waals surface area contributed by atoms with Crippen molar-refractivity contribution < 1.29 is 18.7 Å². The number of nitriles is 1. The molecule has 0 radical (unpaired) electrons. The van der Waals surface area contributed by atoms with Gasteiger partial charge in [-0.05, 0) is 42.5 Å². The van der Waals surface area contributed by atoms with Gasteiger partial charge in [0.2, 0.25) is 0 Å². The molecule has 1 N–H and O–H groups in total. The summed E-state index contributed by atoms with van der Waals surface area (Å²) in [6.07, 6.45) is 1.41. The van der Waals surface area contributed by atoms with Gasteiger partial charge in [-0.15, -0.1) is 0 Å². The molecule has 6 heteroatoms. The van der Waals surface area contributed by atoms with Gasteiger partial charge in [0.15, 0.2) is 0 Å². The minimum Gasteiger partial charge on any atom is -0.497 e. The van der Waals surface area contributed by atoms with Crippen molar-refractivity contribution >= 4 is 17.7 Å². The van der Waals surface area contributed by atoms with E-state index in [4.69, 9.17) is 9.47 Å². The van der Waals surface area contributed by atoms with Crippen molar-refractivity contribution in [2.75, 3.05) is 19.5 Å². The molecular formula is C18H15FN2O3. The fraction of sp³-hybridized carbons (Fsp3) is 0.111. The first-order valence-electron chi connectivity index (χ1n) is 6.98. The zero-order chi connectivity index (χ0) is 17.5. The first-order chi connectivity index (χ1) is 11.6. The molecule has 2 rings (SSSR count). The SMILES string of the molecule is COc1ccc(C=C(C#N)C(=O)Nc2ccc(F)cc2)c(OC)c1. The van der Waals surface area contributed by atoms with Gasteiger partial charge in [-0.2, -0.15) is 5.26 Å². The number of ether oxygens (including phenoxy) is 2. The van der Waals surface area contributed by atoms with E-state index in [1.54, 1.807) is 18.2 Å². The molecule has 5 nitrogen and oxygen atoms in total. The Kier molecular flexibility index (Phi) is 5.53.